The first-order valence-corrected chi connectivity index (χ1v) is 6.77. The number of nitrogens with one attached hydrogen (secondary N) is 2. The van der Waals surface area contributed by atoms with Crippen LogP contribution in [0, 0.1) is 5.92 Å². The van der Waals surface area contributed by atoms with E-state index in [0.717, 1.165) is 31.1 Å². The van der Waals surface area contributed by atoms with Crippen LogP contribution in [-0.4, -0.2) is 24.0 Å². The molecule has 1 aliphatic rings. The topological polar surface area (TPSA) is 54.0 Å². The Morgan fingerprint density at radius 2 is 2.33 bits per heavy atom. The fourth-order valence-corrected chi connectivity index (χ4v) is 2.13. The van der Waals surface area contributed by atoms with Crippen molar-refractivity contribution in [1.29, 1.82) is 0 Å². The van der Waals surface area contributed by atoms with Crippen LogP contribution in [-0.2, 0) is 0 Å². The Kier molecular flexibility index (Phi) is 4.56. The smallest absolute Gasteiger partial charge is 0.269 e. The molecule has 0 unspecified atom stereocenters. The van der Waals surface area contributed by atoms with Crippen LogP contribution >= 0.6 is 0 Å². The summed E-state index contributed by atoms with van der Waals surface area (Å²) in [7, 11) is 0. The van der Waals surface area contributed by atoms with Crippen molar-refractivity contribution in [3.05, 3.63) is 24.0 Å². The molecule has 1 saturated carbocycles. The predicted octanol–water partition coefficient (Wildman–Crippen LogP) is 2.43. The van der Waals surface area contributed by atoms with Gasteiger partial charge in [0.15, 0.2) is 0 Å². The van der Waals surface area contributed by atoms with Crippen molar-refractivity contribution in [2.24, 2.45) is 5.92 Å². The number of pyridine rings is 1. The van der Waals surface area contributed by atoms with Crippen LogP contribution < -0.4 is 10.6 Å². The second-order valence-corrected chi connectivity index (χ2v) is 4.80. The largest absolute Gasteiger partial charge is 0.385 e. The number of carbonyl (C=O) groups excluding carboxylic acids is 1. The lowest BCUT2D eigenvalue weighted by Gasteiger charge is -2.25. The molecule has 2 rings (SSSR count). The van der Waals surface area contributed by atoms with Gasteiger partial charge in [0.2, 0.25) is 0 Å². The number of aromatic nitrogens is 1. The van der Waals surface area contributed by atoms with E-state index in [9.17, 15) is 4.79 Å². The van der Waals surface area contributed by atoms with Gasteiger partial charge in [-0.15, -0.1) is 0 Å². The Balaban J connectivity index is 1.81. The summed E-state index contributed by atoms with van der Waals surface area (Å²) in [6.07, 6.45) is 6.76. The fraction of sp³-hybridized carbons (Fsp3) is 0.571. The summed E-state index contributed by atoms with van der Waals surface area (Å²) < 4.78 is 0. The molecule has 0 aliphatic heterocycles. The minimum absolute atomic E-state index is 0.0749. The van der Waals surface area contributed by atoms with E-state index >= 15 is 0 Å². The Morgan fingerprint density at radius 1 is 1.50 bits per heavy atom. The normalized spacial score (nSPS) is 14.9. The number of carbonyl (C=O) groups is 1. The van der Waals surface area contributed by atoms with Crippen molar-refractivity contribution in [2.45, 2.75) is 32.6 Å². The molecule has 1 aromatic heterocycles. The zero-order valence-electron chi connectivity index (χ0n) is 10.9. The van der Waals surface area contributed by atoms with Gasteiger partial charge in [-0.1, -0.05) is 19.3 Å². The van der Waals surface area contributed by atoms with Crippen LogP contribution in [0.25, 0.3) is 0 Å². The maximum absolute atomic E-state index is 11.9. The van der Waals surface area contributed by atoms with Crippen molar-refractivity contribution in [3.8, 4) is 0 Å². The second-order valence-electron chi connectivity index (χ2n) is 4.80. The van der Waals surface area contributed by atoms with Crippen LogP contribution in [0.15, 0.2) is 18.3 Å². The minimum Gasteiger partial charge on any atom is -0.385 e. The van der Waals surface area contributed by atoms with E-state index in [-0.39, 0.29) is 5.91 Å². The lowest BCUT2D eigenvalue weighted by atomic mass is 9.83. The summed E-state index contributed by atoms with van der Waals surface area (Å²) in [6, 6.07) is 3.66. The summed E-state index contributed by atoms with van der Waals surface area (Å²) in [5, 5.41) is 6.11. The van der Waals surface area contributed by atoms with E-state index in [4.69, 9.17) is 0 Å². The highest BCUT2D eigenvalue weighted by Crippen LogP contribution is 2.28. The fourth-order valence-electron chi connectivity index (χ4n) is 2.13. The van der Waals surface area contributed by atoms with Gasteiger partial charge in [-0.2, -0.15) is 0 Å². The first-order valence-electron chi connectivity index (χ1n) is 6.77. The highest BCUT2D eigenvalue weighted by atomic mass is 16.1. The first-order chi connectivity index (χ1) is 8.79. The Bertz CT molecular complexity index is 402. The molecular weight excluding hydrogens is 226 g/mol. The van der Waals surface area contributed by atoms with Gasteiger partial charge in [-0.05, 0) is 31.4 Å². The zero-order valence-corrected chi connectivity index (χ0v) is 10.9. The quantitative estimate of drug-likeness (QED) is 0.811. The van der Waals surface area contributed by atoms with Crippen LogP contribution in [0.5, 0.6) is 0 Å². The average molecular weight is 247 g/mol. The molecule has 0 saturated heterocycles. The maximum Gasteiger partial charge on any atom is 0.269 e. The Labute approximate surface area is 108 Å². The van der Waals surface area contributed by atoms with E-state index in [2.05, 4.69) is 15.6 Å². The summed E-state index contributed by atoms with van der Waals surface area (Å²) in [5.41, 5.74) is 1.43. The zero-order chi connectivity index (χ0) is 12.8. The minimum atomic E-state index is -0.0749. The number of hydrogen-bond donors (Lipinski definition) is 2. The highest BCUT2D eigenvalue weighted by molar-refractivity contribution is 5.93. The van der Waals surface area contributed by atoms with E-state index in [1.165, 1.54) is 19.3 Å². The molecule has 1 aliphatic carbocycles. The number of amides is 1. The van der Waals surface area contributed by atoms with Crippen molar-refractivity contribution in [3.63, 3.8) is 0 Å². The molecule has 0 spiro atoms. The van der Waals surface area contributed by atoms with Crippen LogP contribution in [0.4, 0.5) is 5.69 Å². The molecular formula is C14H21N3O. The molecule has 18 heavy (non-hydrogen) atoms. The molecule has 2 N–H and O–H groups in total. The van der Waals surface area contributed by atoms with Crippen molar-refractivity contribution >= 4 is 11.6 Å². The molecule has 0 atom stereocenters. The van der Waals surface area contributed by atoms with Gasteiger partial charge in [-0.25, -0.2) is 0 Å². The SMILES string of the molecule is CCNc1ccnc(C(=O)NCCC2CCC2)c1. The van der Waals surface area contributed by atoms with E-state index in [0.29, 0.717) is 5.69 Å². The van der Waals surface area contributed by atoms with Crippen molar-refractivity contribution in [1.82, 2.24) is 10.3 Å². The van der Waals surface area contributed by atoms with Gasteiger partial charge in [0.05, 0.1) is 0 Å². The van der Waals surface area contributed by atoms with Gasteiger partial charge >= 0.3 is 0 Å². The molecule has 0 bridgehead atoms. The number of hydrogen-bond acceptors (Lipinski definition) is 3. The van der Waals surface area contributed by atoms with E-state index < -0.39 is 0 Å². The number of rotatable bonds is 6. The Morgan fingerprint density at radius 3 is 3.00 bits per heavy atom. The van der Waals surface area contributed by atoms with Gasteiger partial charge in [-0.3, -0.25) is 9.78 Å². The molecule has 1 amide bonds. The predicted molar refractivity (Wildman–Crippen MR) is 72.7 cm³/mol. The molecule has 1 heterocycles. The van der Waals surface area contributed by atoms with Gasteiger partial charge in [0.1, 0.15) is 5.69 Å². The molecule has 98 valence electrons. The second kappa shape index (κ2) is 6.38. The van der Waals surface area contributed by atoms with Crippen LogP contribution in [0.1, 0.15) is 43.1 Å². The third kappa shape index (κ3) is 3.45. The van der Waals surface area contributed by atoms with Gasteiger partial charge in [0.25, 0.3) is 5.91 Å². The monoisotopic (exact) mass is 247 g/mol. The van der Waals surface area contributed by atoms with E-state index in [1.54, 1.807) is 12.3 Å². The molecule has 4 nitrogen and oxygen atoms in total. The average Bonchev–Trinajstić information content (AvgIpc) is 2.33. The molecule has 1 fully saturated rings. The molecule has 4 heteroatoms. The maximum atomic E-state index is 11.9. The van der Waals surface area contributed by atoms with E-state index in [1.807, 2.05) is 13.0 Å². The third-order valence-corrected chi connectivity index (χ3v) is 3.44. The first kappa shape index (κ1) is 12.9. The molecule has 1 aromatic rings. The lowest BCUT2D eigenvalue weighted by molar-refractivity contribution is 0.0944. The van der Waals surface area contributed by atoms with Crippen molar-refractivity contribution in [2.75, 3.05) is 18.4 Å². The third-order valence-electron chi connectivity index (χ3n) is 3.44. The summed E-state index contributed by atoms with van der Waals surface area (Å²) in [5.74, 6) is 0.750. The summed E-state index contributed by atoms with van der Waals surface area (Å²) in [6.45, 7) is 3.63. The number of anilines is 1. The van der Waals surface area contributed by atoms with Crippen LogP contribution in [0.2, 0.25) is 0 Å². The molecule has 0 radical (unpaired) electrons. The standard InChI is InChI=1S/C14H21N3O/c1-2-15-12-7-9-16-13(10-12)14(18)17-8-6-11-4-3-5-11/h7,9-11H,2-6,8H2,1H3,(H,15,16)(H,17,18). The highest BCUT2D eigenvalue weighted by Gasteiger charge is 2.17. The van der Waals surface area contributed by atoms with Crippen molar-refractivity contribution < 1.29 is 4.79 Å². The molecule has 0 aromatic carbocycles. The lowest BCUT2D eigenvalue weighted by Crippen LogP contribution is -2.28. The number of nitrogens with zero attached hydrogens (tertiary/aromatic N) is 1. The van der Waals surface area contributed by atoms with Gasteiger partial charge < -0.3 is 10.6 Å². The summed E-state index contributed by atoms with van der Waals surface area (Å²) >= 11 is 0. The van der Waals surface area contributed by atoms with Gasteiger partial charge in [0, 0.05) is 25.0 Å². The Hall–Kier alpha value is -1.58. The summed E-state index contributed by atoms with van der Waals surface area (Å²) in [4.78, 5) is 16.0. The van der Waals surface area contributed by atoms with Crippen LogP contribution in [0.3, 0.4) is 0 Å².